The van der Waals surface area contributed by atoms with Crippen molar-refractivity contribution in [2.75, 3.05) is 0 Å². The molecule has 0 atom stereocenters. The van der Waals surface area contributed by atoms with Gasteiger partial charge < -0.3 is 0 Å². The van der Waals surface area contributed by atoms with E-state index >= 15 is 0 Å². The number of thioether (sulfide) groups is 1. The Morgan fingerprint density at radius 1 is 1.36 bits per heavy atom. The summed E-state index contributed by atoms with van der Waals surface area (Å²) in [6.45, 7) is 4.27. The number of aryl methyl sites for hydroxylation is 2. The Morgan fingerprint density at radius 2 is 2.09 bits per heavy atom. The van der Waals surface area contributed by atoms with Crippen LogP contribution in [-0.4, -0.2) is 0 Å². The molecular weight excluding hydrogens is 152 g/mol. The molecule has 11 heavy (non-hydrogen) atoms. The highest BCUT2D eigenvalue weighted by Gasteiger charge is 1.95. The van der Waals surface area contributed by atoms with Gasteiger partial charge in [-0.2, -0.15) is 11.8 Å². The fourth-order valence-electron chi connectivity index (χ4n) is 1.12. The first kappa shape index (κ1) is 8.66. The van der Waals surface area contributed by atoms with Gasteiger partial charge in [0, 0.05) is 12.0 Å². The maximum absolute atomic E-state index is 3.76. The van der Waals surface area contributed by atoms with Gasteiger partial charge in [-0.3, -0.25) is 0 Å². The normalized spacial score (nSPS) is 10.1. The average Bonchev–Trinajstić information content (AvgIpc) is 1.95. The smallest absolute Gasteiger partial charge is 0.0187 e. The molecule has 1 radical (unpaired) electrons. The lowest BCUT2D eigenvalue weighted by Gasteiger charge is -2.03. The van der Waals surface area contributed by atoms with Crippen LogP contribution in [0.2, 0.25) is 0 Å². The van der Waals surface area contributed by atoms with Crippen LogP contribution in [0, 0.1) is 20.1 Å². The van der Waals surface area contributed by atoms with Crippen LogP contribution >= 0.6 is 11.8 Å². The second-order valence-corrected chi connectivity index (χ2v) is 3.48. The Bertz CT molecular complexity index is 241. The first-order valence-electron chi connectivity index (χ1n) is 3.67. The summed E-state index contributed by atoms with van der Waals surface area (Å²) in [7, 11) is 0. The lowest BCUT2D eigenvalue weighted by molar-refractivity contribution is 1.28. The molecule has 0 unspecified atom stereocenters. The van der Waals surface area contributed by atoms with Crippen LogP contribution in [-0.2, 0) is 5.75 Å². The molecule has 1 aromatic carbocycles. The highest BCUT2D eigenvalue weighted by molar-refractivity contribution is 7.99. The molecule has 0 fully saturated rings. The van der Waals surface area contributed by atoms with E-state index in [9.17, 15) is 0 Å². The molecule has 0 aliphatic carbocycles. The van der Waals surface area contributed by atoms with E-state index in [1.54, 1.807) is 11.8 Å². The fraction of sp³-hybridized carbons (Fsp3) is 0.300. The Kier molecular flexibility index (Phi) is 3.01. The second-order valence-electron chi connectivity index (χ2n) is 2.78. The van der Waals surface area contributed by atoms with Crippen molar-refractivity contribution in [3.8, 4) is 0 Å². The Hall–Kier alpha value is -0.430. The van der Waals surface area contributed by atoms with Crippen LogP contribution in [0.5, 0.6) is 0 Å². The number of hydrogen-bond donors (Lipinski definition) is 0. The minimum Gasteiger partial charge on any atom is -0.156 e. The molecular formula is C10H13S. The predicted molar refractivity (Wildman–Crippen MR) is 52.6 cm³/mol. The lowest BCUT2D eigenvalue weighted by Crippen LogP contribution is -1.85. The van der Waals surface area contributed by atoms with Gasteiger partial charge in [-0.25, -0.2) is 0 Å². The third-order valence-corrected chi connectivity index (χ3v) is 2.27. The van der Waals surface area contributed by atoms with Gasteiger partial charge in [0.2, 0.25) is 0 Å². The highest BCUT2D eigenvalue weighted by Crippen LogP contribution is 2.15. The van der Waals surface area contributed by atoms with Crippen LogP contribution in [0.4, 0.5) is 0 Å². The number of hydrogen-bond acceptors (Lipinski definition) is 1. The van der Waals surface area contributed by atoms with Gasteiger partial charge in [0.15, 0.2) is 0 Å². The highest BCUT2D eigenvalue weighted by atomic mass is 32.2. The zero-order chi connectivity index (χ0) is 8.27. The molecule has 0 aliphatic heterocycles. The Morgan fingerprint density at radius 3 is 2.64 bits per heavy atom. The standard InChI is InChI=1S/C10H13S/c1-8-4-5-10(7-11-3)9(2)6-8/h4-6H,3,7H2,1-2H3. The summed E-state index contributed by atoms with van der Waals surface area (Å²) in [5, 5.41) is 0. The van der Waals surface area contributed by atoms with Crippen LogP contribution in [0.1, 0.15) is 16.7 Å². The molecule has 0 saturated carbocycles. The number of benzene rings is 1. The summed E-state index contributed by atoms with van der Waals surface area (Å²) < 4.78 is 0. The molecule has 1 rings (SSSR count). The van der Waals surface area contributed by atoms with Crippen LogP contribution in [0.3, 0.4) is 0 Å². The SMILES string of the molecule is [CH2]SCc1ccc(C)cc1C. The van der Waals surface area contributed by atoms with E-state index in [1.807, 2.05) is 0 Å². The molecule has 0 nitrogen and oxygen atoms in total. The minimum absolute atomic E-state index is 1.02. The lowest BCUT2D eigenvalue weighted by atomic mass is 10.1. The summed E-state index contributed by atoms with van der Waals surface area (Å²) >= 11 is 1.62. The molecule has 0 aliphatic rings. The molecule has 0 N–H and O–H groups in total. The van der Waals surface area contributed by atoms with Crippen LogP contribution in [0.25, 0.3) is 0 Å². The predicted octanol–water partition coefficient (Wildman–Crippen LogP) is 3.33. The monoisotopic (exact) mass is 165 g/mol. The van der Waals surface area contributed by atoms with Gasteiger partial charge in [-0.15, -0.1) is 0 Å². The maximum atomic E-state index is 3.76. The summed E-state index contributed by atoms with van der Waals surface area (Å²) in [6, 6.07) is 6.55. The van der Waals surface area contributed by atoms with Gasteiger partial charge >= 0.3 is 0 Å². The first-order chi connectivity index (χ1) is 5.24. The van der Waals surface area contributed by atoms with Crippen molar-refractivity contribution in [3.63, 3.8) is 0 Å². The molecule has 0 bridgehead atoms. The first-order valence-corrected chi connectivity index (χ1v) is 4.82. The molecule has 0 aromatic heterocycles. The topological polar surface area (TPSA) is 0 Å². The van der Waals surface area contributed by atoms with E-state index in [4.69, 9.17) is 0 Å². The third kappa shape index (κ3) is 2.26. The Labute approximate surface area is 73.0 Å². The van der Waals surface area contributed by atoms with Gasteiger partial charge in [-0.1, -0.05) is 23.8 Å². The van der Waals surface area contributed by atoms with Crippen LogP contribution in [0.15, 0.2) is 18.2 Å². The van der Waals surface area contributed by atoms with Gasteiger partial charge in [-0.05, 0) is 25.0 Å². The molecule has 0 saturated heterocycles. The van der Waals surface area contributed by atoms with E-state index in [1.165, 1.54) is 16.7 Å². The quantitative estimate of drug-likeness (QED) is 0.647. The largest absolute Gasteiger partial charge is 0.156 e. The van der Waals surface area contributed by atoms with E-state index in [0.717, 1.165) is 5.75 Å². The summed E-state index contributed by atoms with van der Waals surface area (Å²) in [5.41, 5.74) is 4.11. The maximum Gasteiger partial charge on any atom is 0.0187 e. The Balaban J connectivity index is 2.90. The molecule has 0 spiro atoms. The summed E-state index contributed by atoms with van der Waals surface area (Å²) in [4.78, 5) is 0. The average molecular weight is 165 g/mol. The molecule has 0 amide bonds. The van der Waals surface area contributed by atoms with Crippen molar-refractivity contribution in [1.29, 1.82) is 0 Å². The van der Waals surface area contributed by atoms with E-state index in [-0.39, 0.29) is 0 Å². The second kappa shape index (κ2) is 3.82. The third-order valence-electron chi connectivity index (χ3n) is 1.76. The molecule has 1 aromatic rings. The zero-order valence-corrected chi connectivity index (χ0v) is 7.87. The van der Waals surface area contributed by atoms with Crippen molar-refractivity contribution >= 4 is 11.8 Å². The van der Waals surface area contributed by atoms with Crippen molar-refractivity contribution in [2.24, 2.45) is 0 Å². The van der Waals surface area contributed by atoms with Gasteiger partial charge in [0.1, 0.15) is 0 Å². The molecule has 1 heteroatoms. The number of rotatable bonds is 2. The zero-order valence-electron chi connectivity index (χ0n) is 7.05. The van der Waals surface area contributed by atoms with E-state index < -0.39 is 0 Å². The minimum atomic E-state index is 1.02. The van der Waals surface area contributed by atoms with Gasteiger partial charge in [0.25, 0.3) is 0 Å². The molecule has 59 valence electrons. The van der Waals surface area contributed by atoms with E-state index in [2.05, 4.69) is 38.3 Å². The summed E-state index contributed by atoms with van der Waals surface area (Å²) in [5.74, 6) is 1.02. The van der Waals surface area contributed by atoms with Crippen molar-refractivity contribution in [3.05, 3.63) is 41.1 Å². The fourth-order valence-corrected chi connectivity index (χ4v) is 1.66. The van der Waals surface area contributed by atoms with Gasteiger partial charge in [0.05, 0.1) is 0 Å². The van der Waals surface area contributed by atoms with E-state index in [0.29, 0.717) is 0 Å². The molecule has 0 heterocycles. The van der Waals surface area contributed by atoms with Crippen LogP contribution < -0.4 is 0 Å². The van der Waals surface area contributed by atoms with Crippen molar-refractivity contribution in [1.82, 2.24) is 0 Å². The van der Waals surface area contributed by atoms with Crippen molar-refractivity contribution in [2.45, 2.75) is 19.6 Å². The summed E-state index contributed by atoms with van der Waals surface area (Å²) in [6.07, 6.45) is 3.76. The van der Waals surface area contributed by atoms with Crippen molar-refractivity contribution < 1.29 is 0 Å².